The maximum Gasteiger partial charge on any atom is 0.322 e. The number of fused-ring (bicyclic) bond motifs is 1. The van der Waals surface area contributed by atoms with Crippen LogP contribution in [0.25, 0.3) is 0 Å². The summed E-state index contributed by atoms with van der Waals surface area (Å²) in [5.41, 5.74) is 4.00. The number of nitrogens with one attached hydrogen (secondary N) is 1. The van der Waals surface area contributed by atoms with Gasteiger partial charge in [0.2, 0.25) is 0 Å². The van der Waals surface area contributed by atoms with Crippen molar-refractivity contribution >= 4 is 11.7 Å². The molecule has 2 N–H and O–H groups in total. The zero-order chi connectivity index (χ0) is 14.3. The van der Waals surface area contributed by atoms with Crippen molar-refractivity contribution in [2.75, 3.05) is 11.9 Å². The van der Waals surface area contributed by atoms with Crippen molar-refractivity contribution in [2.45, 2.75) is 51.4 Å². The van der Waals surface area contributed by atoms with Crippen LogP contribution in [0.1, 0.15) is 51.7 Å². The van der Waals surface area contributed by atoms with Crippen LogP contribution in [-0.2, 0) is 15.6 Å². The fraction of sp³-hybridized carbons (Fsp3) is 0.562. The molecule has 0 heterocycles. The minimum atomic E-state index is -0.836. The fourth-order valence-electron chi connectivity index (χ4n) is 2.88. The number of carboxylic acids is 1. The summed E-state index contributed by atoms with van der Waals surface area (Å²) < 4.78 is 0. The number of carboxylic acid groups (broad SMARTS) is 1. The lowest BCUT2D eigenvalue weighted by Crippen LogP contribution is -2.33. The summed E-state index contributed by atoms with van der Waals surface area (Å²) in [6, 6.07) is 6.27. The standard InChI is InChI=1S/C16H23NO2/c1-15(2)7-8-16(3,4)13-9-11(5-6-12(13)15)17-10-14(18)19/h5-6,9,17H,7-8,10H2,1-4H3,(H,18,19). The number of aliphatic carboxylic acids is 1. The Hall–Kier alpha value is -1.51. The van der Waals surface area contributed by atoms with E-state index in [4.69, 9.17) is 5.11 Å². The average Bonchev–Trinajstić information content (AvgIpc) is 2.32. The highest BCUT2D eigenvalue weighted by Crippen LogP contribution is 2.46. The molecule has 0 radical (unpaired) electrons. The minimum Gasteiger partial charge on any atom is -0.480 e. The zero-order valence-electron chi connectivity index (χ0n) is 12.2. The van der Waals surface area contributed by atoms with Crippen LogP contribution in [0.5, 0.6) is 0 Å². The summed E-state index contributed by atoms with van der Waals surface area (Å²) >= 11 is 0. The highest BCUT2D eigenvalue weighted by molar-refractivity contribution is 5.73. The van der Waals surface area contributed by atoms with Crippen LogP contribution < -0.4 is 5.32 Å². The summed E-state index contributed by atoms with van der Waals surface area (Å²) in [5.74, 6) is -0.836. The van der Waals surface area contributed by atoms with Gasteiger partial charge in [0.15, 0.2) is 0 Å². The molecule has 0 amide bonds. The first-order chi connectivity index (χ1) is 8.72. The van der Waals surface area contributed by atoms with Crippen LogP contribution in [0.2, 0.25) is 0 Å². The Labute approximate surface area is 115 Å². The summed E-state index contributed by atoms with van der Waals surface area (Å²) in [5, 5.41) is 11.7. The Bertz CT molecular complexity index is 503. The van der Waals surface area contributed by atoms with Crippen LogP contribution in [-0.4, -0.2) is 17.6 Å². The summed E-state index contributed by atoms with van der Waals surface area (Å²) in [6.45, 7) is 9.06. The third kappa shape index (κ3) is 2.75. The van der Waals surface area contributed by atoms with Gasteiger partial charge in [0.1, 0.15) is 6.54 Å². The molecule has 0 saturated carbocycles. The number of hydrogen-bond acceptors (Lipinski definition) is 2. The number of benzene rings is 1. The van der Waals surface area contributed by atoms with E-state index in [9.17, 15) is 4.79 Å². The fourth-order valence-corrected chi connectivity index (χ4v) is 2.88. The first-order valence-electron chi connectivity index (χ1n) is 6.83. The molecule has 0 unspecified atom stereocenters. The van der Waals surface area contributed by atoms with Crippen molar-refractivity contribution in [1.82, 2.24) is 0 Å². The van der Waals surface area contributed by atoms with Gasteiger partial charge in [-0.2, -0.15) is 0 Å². The molecular weight excluding hydrogens is 238 g/mol. The van der Waals surface area contributed by atoms with E-state index in [1.54, 1.807) is 0 Å². The molecule has 1 aromatic carbocycles. The maximum absolute atomic E-state index is 10.6. The van der Waals surface area contributed by atoms with Gasteiger partial charge < -0.3 is 10.4 Å². The number of hydrogen-bond donors (Lipinski definition) is 2. The maximum atomic E-state index is 10.6. The van der Waals surface area contributed by atoms with Gasteiger partial charge in [0.05, 0.1) is 0 Å². The Morgan fingerprint density at radius 3 is 2.32 bits per heavy atom. The van der Waals surface area contributed by atoms with E-state index in [-0.39, 0.29) is 17.4 Å². The molecule has 0 aliphatic heterocycles. The SMILES string of the molecule is CC1(C)CCC(C)(C)c2cc(NCC(=O)O)ccc21. The number of carbonyl (C=O) groups is 1. The van der Waals surface area contributed by atoms with E-state index >= 15 is 0 Å². The predicted molar refractivity (Wildman–Crippen MR) is 77.9 cm³/mol. The van der Waals surface area contributed by atoms with Crippen molar-refractivity contribution < 1.29 is 9.90 Å². The first kappa shape index (κ1) is 13.9. The molecule has 1 aromatic rings. The third-order valence-corrected chi connectivity index (χ3v) is 4.30. The largest absolute Gasteiger partial charge is 0.480 e. The molecule has 0 atom stereocenters. The van der Waals surface area contributed by atoms with E-state index in [0.29, 0.717) is 0 Å². The molecule has 0 bridgehead atoms. The minimum absolute atomic E-state index is 0.0391. The van der Waals surface area contributed by atoms with Crippen LogP contribution in [0.3, 0.4) is 0 Å². The highest BCUT2D eigenvalue weighted by Gasteiger charge is 2.36. The van der Waals surface area contributed by atoms with Gasteiger partial charge in [0.25, 0.3) is 0 Å². The van der Waals surface area contributed by atoms with Crippen LogP contribution >= 0.6 is 0 Å². The lowest BCUT2D eigenvalue weighted by Gasteiger charge is -2.42. The molecule has 0 spiro atoms. The van der Waals surface area contributed by atoms with Crippen molar-refractivity contribution in [1.29, 1.82) is 0 Å². The molecule has 1 aliphatic carbocycles. The average molecular weight is 261 g/mol. The molecule has 3 nitrogen and oxygen atoms in total. The molecule has 2 rings (SSSR count). The van der Waals surface area contributed by atoms with Crippen molar-refractivity contribution in [3.63, 3.8) is 0 Å². The van der Waals surface area contributed by atoms with Gasteiger partial charge in [-0.3, -0.25) is 4.79 Å². The molecular formula is C16H23NO2. The molecule has 1 aliphatic rings. The van der Waals surface area contributed by atoms with Crippen molar-refractivity contribution in [3.8, 4) is 0 Å². The Kier molecular flexibility index (Phi) is 3.33. The van der Waals surface area contributed by atoms with Crippen LogP contribution in [0, 0.1) is 0 Å². The van der Waals surface area contributed by atoms with E-state index in [0.717, 1.165) is 12.1 Å². The molecule has 104 valence electrons. The third-order valence-electron chi connectivity index (χ3n) is 4.30. The molecule has 0 fully saturated rings. The van der Waals surface area contributed by atoms with E-state index in [1.165, 1.54) is 17.5 Å². The van der Waals surface area contributed by atoms with E-state index in [1.807, 2.05) is 6.07 Å². The second kappa shape index (κ2) is 4.55. The number of rotatable bonds is 3. The lowest BCUT2D eigenvalue weighted by atomic mass is 9.63. The number of anilines is 1. The van der Waals surface area contributed by atoms with Crippen molar-refractivity contribution in [2.24, 2.45) is 0 Å². The molecule has 19 heavy (non-hydrogen) atoms. The topological polar surface area (TPSA) is 49.3 Å². The second-order valence-electron chi connectivity index (χ2n) is 6.78. The van der Waals surface area contributed by atoms with E-state index in [2.05, 4.69) is 45.1 Å². The van der Waals surface area contributed by atoms with Gasteiger partial charge in [-0.25, -0.2) is 0 Å². The van der Waals surface area contributed by atoms with Gasteiger partial charge in [0, 0.05) is 5.69 Å². The molecule has 0 saturated heterocycles. The lowest BCUT2D eigenvalue weighted by molar-refractivity contribution is -0.134. The van der Waals surface area contributed by atoms with Crippen LogP contribution in [0.15, 0.2) is 18.2 Å². The normalized spacial score (nSPS) is 19.6. The Morgan fingerprint density at radius 1 is 1.16 bits per heavy atom. The highest BCUT2D eigenvalue weighted by atomic mass is 16.4. The predicted octanol–water partition coefficient (Wildman–Crippen LogP) is 3.53. The summed E-state index contributed by atoms with van der Waals surface area (Å²) in [6.07, 6.45) is 2.35. The molecule has 0 aromatic heterocycles. The van der Waals surface area contributed by atoms with Gasteiger partial charge in [-0.1, -0.05) is 33.8 Å². The van der Waals surface area contributed by atoms with E-state index < -0.39 is 5.97 Å². The Balaban J connectivity index is 2.39. The van der Waals surface area contributed by atoms with Crippen molar-refractivity contribution in [3.05, 3.63) is 29.3 Å². The monoisotopic (exact) mass is 261 g/mol. The zero-order valence-corrected chi connectivity index (χ0v) is 12.2. The quantitative estimate of drug-likeness (QED) is 0.875. The molecule has 3 heteroatoms. The van der Waals surface area contributed by atoms with Crippen LogP contribution in [0.4, 0.5) is 5.69 Å². The second-order valence-corrected chi connectivity index (χ2v) is 6.78. The van der Waals surface area contributed by atoms with Gasteiger partial charge in [-0.05, 0) is 46.9 Å². The Morgan fingerprint density at radius 2 is 1.74 bits per heavy atom. The smallest absolute Gasteiger partial charge is 0.322 e. The van der Waals surface area contributed by atoms with Gasteiger partial charge >= 0.3 is 5.97 Å². The first-order valence-corrected chi connectivity index (χ1v) is 6.83. The summed E-state index contributed by atoms with van der Waals surface area (Å²) in [7, 11) is 0. The van der Waals surface area contributed by atoms with Gasteiger partial charge in [-0.15, -0.1) is 0 Å². The summed E-state index contributed by atoms with van der Waals surface area (Å²) in [4.78, 5) is 10.6.